The van der Waals surface area contributed by atoms with Gasteiger partial charge in [0.05, 0.1) is 0 Å². The Balaban J connectivity index is 4.13. The van der Waals surface area contributed by atoms with Gasteiger partial charge < -0.3 is 0 Å². The van der Waals surface area contributed by atoms with Crippen LogP contribution in [0.4, 0.5) is 13.2 Å². The highest BCUT2D eigenvalue weighted by atomic mass is 28.3. The van der Waals surface area contributed by atoms with Crippen molar-refractivity contribution in [1.82, 2.24) is 0 Å². The van der Waals surface area contributed by atoms with E-state index in [2.05, 4.69) is 0 Å². The summed E-state index contributed by atoms with van der Waals surface area (Å²) in [6.07, 6.45) is 2.66. The highest BCUT2D eigenvalue weighted by molar-refractivity contribution is 6.80. The van der Waals surface area contributed by atoms with Gasteiger partial charge in [0.15, 0.2) is 8.07 Å². The van der Waals surface area contributed by atoms with Crippen LogP contribution in [0.3, 0.4) is 0 Å². The molecule has 80 valence electrons. The third kappa shape index (κ3) is 3.71. The molecule has 0 aromatic carbocycles. The van der Waals surface area contributed by atoms with Gasteiger partial charge in [0.25, 0.3) is 0 Å². The minimum absolute atomic E-state index is 0.320. The first-order valence-corrected chi connectivity index (χ1v) is 7.85. The van der Waals surface area contributed by atoms with E-state index in [1.165, 1.54) is 6.55 Å². The Bertz CT molecular complexity index is 144. The van der Waals surface area contributed by atoms with E-state index in [-0.39, 0.29) is 0 Å². The summed E-state index contributed by atoms with van der Waals surface area (Å²) < 4.78 is 37.8. The maximum atomic E-state index is 12.6. The number of hydrogen-bond donors (Lipinski definition) is 0. The molecule has 1 unspecified atom stereocenters. The van der Waals surface area contributed by atoms with Gasteiger partial charge in [-0.3, -0.25) is 0 Å². The molecule has 0 fully saturated rings. The Morgan fingerprint density at radius 3 is 1.92 bits per heavy atom. The Kier molecular flexibility index (Phi) is 5.03. The lowest BCUT2D eigenvalue weighted by atomic mass is 10.3. The van der Waals surface area contributed by atoms with Crippen LogP contribution < -0.4 is 0 Å². The molecule has 0 rings (SSSR count). The molecule has 0 aromatic rings. The second-order valence-electron chi connectivity index (χ2n) is 3.87. The van der Waals surface area contributed by atoms with Crippen molar-refractivity contribution in [3.05, 3.63) is 0 Å². The number of rotatable bonds is 5. The highest BCUT2D eigenvalue weighted by Gasteiger charge is 2.50. The Labute approximate surface area is 79.5 Å². The van der Waals surface area contributed by atoms with Crippen LogP contribution in [0, 0.1) is 0 Å². The van der Waals surface area contributed by atoms with Gasteiger partial charge >= 0.3 is 5.80 Å². The fourth-order valence-corrected chi connectivity index (χ4v) is 3.35. The van der Waals surface area contributed by atoms with Crippen molar-refractivity contribution in [2.24, 2.45) is 0 Å². The monoisotopic (exact) mass is 212 g/mol. The zero-order valence-electron chi connectivity index (χ0n) is 8.67. The van der Waals surface area contributed by atoms with Crippen LogP contribution in [0.1, 0.15) is 33.1 Å². The molecule has 1 atom stereocenters. The molecular weight excluding hydrogens is 193 g/mol. The molecular formula is C9H19F3Si. The Morgan fingerprint density at radius 1 is 1.08 bits per heavy atom. The zero-order chi connectivity index (χ0) is 10.5. The van der Waals surface area contributed by atoms with E-state index in [0.717, 1.165) is 19.3 Å². The van der Waals surface area contributed by atoms with Gasteiger partial charge in [0.2, 0.25) is 0 Å². The third-order valence-corrected chi connectivity index (χ3v) is 7.18. The molecule has 0 aliphatic carbocycles. The molecule has 0 N–H and O–H groups in total. The smallest absolute Gasteiger partial charge is 0.177 e. The molecule has 0 spiro atoms. The van der Waals surface area contributed by atoms with Crippen molar-refractivity contribution < 1.29 is 13.2 Å². The van der Waals surface area contributed by atoms with Crippen molar-refractivity contribution in [2.45, 2.75) is 57.5 Å². The highest BCUT2D eigenvalue weighted by Crippen LogP contribution is 2.36. The van der Waals surface area contributed by atoms with Crippen LogP contribution in [-0.4, -0.2) is 13.9 Å². The third-order valence-electron chi connectivity index (χ3n) is 2.80. The fraction of sp³-hybridized carbons (Fsp3) is 1.00. The fourth-order valence-electron chi connectivity index (χ4n) is 1.28. The van der Waals surface area contributed by atoms with E-state index in [0.29, 0.717) is 12.1 Å². The number of hydrogen-bond acceptors (Lipinski definition) is 0. The van der Waals surface area contributed by atoms with E-state index >= 15 is 0 Å². The zero-order valence-corrected chi connectivity index (χ0v) is 9.67. The van der Waals surface area contributed by atoms with Crippen LogP contribution in [-0.2, 0) is 0 Å². The molecule has 0 heterocycles. The van der Waals surface area contributed by atoms with Gasteiger partial charge in [-0.1, -0.05) is 45.7 Å². The van der Waals surface area contributed by atoms with E-state index in [1.807, 2.05) is 6.92 Å². The van der Waals surface area contributed by atoms with Crippen LogP contribution in [0.25, 0.3) is 0 Å². The van der Waals surface area contributed by atoms with E-state index in [9.17, 15) is 13.2 Å². The summed E-state index contributed by atoms with van der Waals surface area (Å²) in [5, 5.41) is 0. The Morgan fingerprint density at radius 2 is 1.62 bits per heavy atom. The summed E-state index contributed by atoms with van der Waals surface area (Å²) in [6.45, 7) is 5.15. The summed E-state index contributed by atoms with van der Waals surface area (Å²) in [7, 11) is -2.96. The average Bonchev–Trinajstić information content (AvgIpc) is 2.02. The summed E-state index contributed by atoms with van der Waals surface area (Å²) in [5.41, 5.74) is 0. The van der Waals surface area contributed by atoms with Gasteiger partial charge in [0, 0.05) is 0 Å². The van der Waals surface area contributed by atoms with E-state index in [4.69, 9.17) is 0 Å². The molecule has 0 nitrogen and oxygen atoms in total. The van der Waals surface area contributed by atoms with Crippen molar-refractivity contribution in [1.29, 1.82) is 0 Å². The predicted octanol–water partition coefficient (Wildman–Crippen LogP) is 4.38. The van der Waals surface area contributed by atoms with E-state index in [1.54, 1.807) is 6.92 Å². The normalized spacial score (nSPS) is 17.1. The standard InChI is InChI=1S/C9H19F3Si/c1-4-6-7-8-13(3,5-2)9(10,11)12/h4-8H2,1-3H3. The van der Waals surface area contributed by atoms with E-state index < -0.39 is 13.9 Å². The van der Waals surface area contributed by atoms with Crippen LogP contribution in [0.2, 0.25) is 18.6 Å². The summed E-state index contributed by atoms with van der Waals surface area (Å²) in [6, 6.07) is 0.723. The first-order valence-electron chi connectivity index (χ1n) is 4.94. The van der Waals surface area contributed by atoms with Crippen molar-refractivity contribution in [3.8, 4) is 0 Å². The molecule has 4 heteroatoms. The molecule has 0 radical (unpaired) electrons. The summed E-state index contributed by atoms with van der Waals surface area (Å²) in [5.74, 6) is -3.91. The average molecular weight is 212 g/mol. The minimum atomic E-state index is -3.91. The summed E-state index contributed by atoms with van der Waals surface area (Å²) >= 11 is 0. The molecule has 0 bridgehead atoms. The maximum Gasteiger partial charge on any atom is 0.361 e. The Hall–Kier alpha value is 0.00688. The first-order chi connectivity index (χ1) is 5.87. The predicted molar refractivity (Wildman–Crippen MR) is 52.5 cm³/mol. The lowest BCUT2D eigenvalue weighted by Crippen LogP contribution is -2.46. The first kappa shape index (κ1) is 13.0. The van der Waals surface area contributed by atoms with Gasteiger partial charge in [-0.05, 0) is 6.04 Å². The number of unbranched alkanes of at least 4 members (excludes halogenated alkanes) is 2. The summed E-state index contributed by atoms with van der Waals surface area (Å²) in [4.78, 5) is 0. The lowest BCUT2D eigenvalue weighted by molar-refractivity contribution is -0.0571. The van der Waals surface area contributed by atoms with Gasteiger partial charge in [-0.15, -0.1) is 0 Å². The second-order valence-corrected chi connectivity index (χ2v) is 8.76. The van der Waals surface area contributed by atoms with Gasteiger partial charge in [0.1, 0.15) is 0 Å². The van der Waals surface area contributed by atoms with Crippen LogP contribution in [0.15, 0.2) is 0 Å². The van der Waals surface area contributed by atoms with Gasteiger partial charge in [-0.25, -0.2) is 0 Å². The number of halogens is 3. The molecule has 0 saturated heterocycles. The molecule has 0 aliphatic heterocycles. The van der Waals surface area contributed by atoms with Gasteiger partial charge in [-0.2, -0.15) is 13.2 Å². The molecule has 0 saturated carbocycles. The molecule has 13 heavy (non-hydrogen) atoms. The second kappa shape index (κ2) is 5.03. The van der Waals surface area contributed by atoms with Crippen molar-refractivity contribution in [2.75, 3.05) is 0 Å². The molecule has 0 aliphatic rings. The number of alkyl halides is 3. The quantitative estimate of drug-likeness (QED) is 0.468. The van der Waals surface area contributed by atoms with Crippen LogP contribution in [0.5, 0.6) is 0 Å². The molecule has 0 amide bonds. The molecule has 0 aromatic heterocycles. The topological polar surface area (TPSA) is 0 Å². The maximum absolute atomic E-state index is 12.6. The minimum Gasteiger partial charge on any atom is -0.177 e. The lowest BCUT2D eigenvalue weighted by Gasteiger charge is -2.28. The van der Waals surface area contributed by atoms with Crippen molar-refractivity contribution in [3.63, 3.8) is 0 Å². The van der Waals surface area contributed by atoms with Crippen molar-refractivity contribution >= 4 is 8.07 Å². The van der Waals surface area contributed by atoms with Crippen LogP contribution >= 0.6 is 0 Å². The SMILES string of the molecule is CCCCC[Si](C)(CC)C(F)(F)F. The largest absolute Gasteiger partial charge is 0.361 e.